The molecule has 0 radical (unpaired) electrons. The Hall–Kier alpha value is -2.81. The van der Waals surface area contributed by atoms with Gasteiger partial charge in [-0.3, -0.25) is 9.48 Å². The molecule has 1 fully saturated rings. The topological polar surface area (TPSA) is 111 Å². The van der Waals surface area contributed by atoms with E-state index < -0.39 is 5.91 Å². The van der Waals surface area contributed by atoms with Gasteiger partial charge >= 0.3 is 0 Å². The molecule has 3 N–H and O–H groups in total. The van der Waals surface area contributed by atoms with Gasteiger partial charge in [0, 0.05) is 31.9 Å². The van der Waals surface area contributed by atoms with E-state index in [0.717, 1.165) is 24.6 Å². The van der Waals surface area contributed by atoms with Crippen molar-refractivity contribution in [3.05, 3.63) is 41.6 Å². The molecule has 1 atom stereocenters. The quantitative estimate of drug-likeness (QED) is 0.598. The summed E-state index contributed by atoms with van der Waals surface area (Å²) in [5.41, 5.74) is 6.26. The van der Waals surface area contributed by atoms with Gasteiger partial charge in [0.25, 0.3) is 5.91 Å². The minimum atomic E-state index is -0.584. The van der Waals surface area contributed by atoms with Crippen LogP contribution in [0.1, 0.15) is 34.9 Å². The molecule has 0 spiro atoms. The summed E-state index contributed by atoms with van der Waals surface area (Å²) in [5.74, 6) is 0.927. The molecule has 0 saturated carbocycles. The number of guanidine groups is 1. The SMILES string of the molecule is CCNC(=NCc1ccc(C(N)=O)o1)N1CCOC(c2cnn(C)c2)C1. The van der Waals surface area contributed by atoms with E-state index in [1.807, 2.05) is 26.4 Å². The predicted octanol–water partition coefficient (Wildman–Crippen LogP) is 0.651. The third kappa shape index (κ3) is 4.23. The Morgan fingerprint density at radius 1 is 1.50 bits per heavy atom. The van der Waals surface area contributed by atoms with Crippen LogP contribution in [0.4, 0.5) is 0 Å². The predicted molar refractivity (Wildman–Crippen MR) is 95.5 cm³/mol. The molecule has 2 aromatic rings. The lowest BCUT2D eigenvalue weighted by molar-refractivity contribution is -0.00806. The van der Waals surface area contributed by atoms with Crippen LogP contribution in [-0.2, 0) is 18.3 Å². The Labute approximate surface area is 151 Å². The largest absolute Gasteiger partial charge is 0.454 e. The number of carbonyl (C=O) groups excluding carboxylic acids is 1. The van der Waals surface area contributed by atoms with Gasteiger partial charge in [-0.1, -0.05) is 0 Å². The van der Waals surface area contributed by atoms with Crippen LogP contribution in [-0.4, -0.2) is 52.8 Å². The Balaban J connectivity index is 1.70. The number of nitrogens with zero attached hydrogens (tertiary/aromatic N) is 4. The number of morpholine rings is 1. The van der Waals surface area contributed by atoms with Crippen molar-refractivity contribution < 1.29 is 13.9 Å². The maximum atomic E-state index is 11.1. The molecule has 0 aliphatic carbocycles. The van der Waals surface area contributed by atoms with Crippen LogP contribution < -0.4 is 11.1 Å². The van der Waals surface area contributed by atoms with Crippen LogP contribution in [0.3, 0.4) is 0 Å². The second-order valence-electron chi connectivity index (χ2n) is 6.05. The van der Waals surface area contributed by atoms with Gasteiger partial charge in [-0.15, -0.1) is 0 Å². The molecule has 1 aliphatic heterocycles. The standard InChI is InChI=1S/C17H24N6O3/c1-3-19-17(20-9-13-4-5-14(26-13)16(18)24)23-6-7-25-15(11-23)12-8-21-22(2)10-12/h4-5,8,10,15H,3,6-7,9,11H2,1-2H3,(H2,18,24)(H,19,20). The summed E-state index contributed by atoms with van der Waals surface area (Å²) in [6.45, 7) is 5.13. The summed E-state index contributed by atoms with van der Waals surface area (Å²) in [5, 5.41) is 7.51. The van der Waals surface area contributed by atoms with Crippen LogP contribution in [0.25, 0.3) is 0 Å². The average molecular weight is 360 g/mol. The van der Waals surface area contributed by atoms with E-state index in [1.165, 1.54) is 0 Å². The molecule has 9 heteroatoms. The van der Waals surface area contributed by atoms with Crippen molar-refractivity contribution in [2.75, 3.05) is 26.2 Å². The van der Waals surface area contributed by atoms with Crippen LogP contribution in [0, 0.1) is 0 Å². The van der Waals surface area contributed by atoms with E-state index in [2.05, 4.69) is 20.3 Å². The maximum Gasteiger partial charge on any atom is 0.284 e. The number of primary amides is 1. The van der Waals surface area contributed by atoms with Crippen LogP contribution in [0.2, 0.25) is 0 Å². The van der Waals surface area contributed by atoms with Gasteiger partial charge in [0.2, 0.25) is 0 Å². The average Bonchev–Trinajstić information content (AvgIpc) is 3.28. The number of rotatable bonds is 5. The van der Waals surface area contributed by atoms with Gasteiger partial charge in [0.1, 0.15) is 18.4 Å². The van der Waals surface area contributed by atoms with Crippen LogP contribution >= 0.6 is 0 Å². The zero-order chi connectivity index (χ0) is 18.5. The van der Waals surface area contributed by atoms with E-state index in [-0.39, 0.29) is 11.9 Å². The fraction of sp³-hybridized carbons (Fsp3) is 0.471. The van der Waals surface area contributed by atoms with Gasteiger partial charge in [0.15, 0.2) is 11.7 Å². The van der Waals surface area contributed by atoms with Gasteiger partial charge in [-0.25, -0.2) is 4.99 Å². The fourth-order valence-corrected chi connectivity index (χ4v) is 2.82. The number of amides is 1. The summed E-state index contributed by atoms with van der Waals surface area (Å²) in [6.07, 6.45) is 3.74. The second-order valence-corrected chi connectivity index (χ2v) is 6.05. The number of furan rings is 1. The third-order valence-corrected chi connectivity index (χ3v) is 4.09. The van der Waals surface area contributed by atoms with E-state index >= 15 is 0 Å². The van der Waals surface area contributed by atoms with E-state index in [1.54, 1.807) is 16.8 Å². The highest BCUT2D eigenvalue weighted by Gasteiger charge is 2.25. The number of aromatic nitrogens is 2. The molecule has 140 valence electrons. The zero-order valence-corrected chi connectivity index (χ0v) is 15.0. The lowest BCUT2D eigenvalue weighted by atomic mass is 10.1. The summed E-state index contributed by atoms with van der Waals surface area (Å²) in [7, 11) is 1.89. The number of ether oxygens (including phenoxy) is 1. The molecular formula is C17H24N6O3. The number of nitrogens with one attached hydrogen (secondary N) is 1. The first-order valence-electron chi connectivity index (χ1n) is 8.58. The van der Waals surface area contributed by atoms with Gasteiger partial charge in [-0.2, -0.15) is 5.10 Å². The van der Waals surface area contributed by atoms with Crippen molar-refractivity contribution in [1.29, 1.82) is 0 Å². The molecule has 9 nitrogen and oxygen atoms in total. The van der Waals surface area contributed by atoms with Crippen molar-refractivity contribution in [2.45, 2.75) is 19.6 Å². The number of aliphatic imine (C=N–C) groups is 1. The summed E-state index contributed by atoms with van der Waals surface area (Å²) in [4.78, 5) is 17.9. The van der Waals surface area contributed by atoms with Gasteiger partial charge in [-0.05, 0) is 19.1 Å². The molecule has 3 heterocycles. The minimum Gasteiger partial charge on any atom is -0.454 e. The highest BCUT2D eigenvalue weighted by atomic mass is 16.5. The molecule has 3 rings (SSSR count). The summed E-state index contributed by atoms with van der Waals surface area (Å²) in [6, 6.07) is 3.28. The second kappa shape index (κ2) is 8.05. The third-order valence-electron chi connectivity index (χ3n) is 4.09. The molecule has 2 aromatic heterocycles. The monoisotopic (exact) mass is 360 g/mol. The minimum absolute atomic E-state index is 0.0496. The Bertz CT molecular complexity index is 781. The van der Waals surface area contributed by atoms with Crippen molar-refractivity contribution in [2.24, 2.45) is 17.8 Å². The van der Waals surface area contributed by atoms with Crippen molar-refractivity contribution in [3.63, 3.8) is 0 Å². The normalized spacial score (nSPS) is 18.2. The lowest BCUT2D eigenvalue weighted by Gasteiger charge is -2.34. The van der Waals surface area contributed by atoms with Crippen molar-refractivity contribution in [1.82, 2.24) is 20.0 Å². The summed E-state index contributed by atoms with van der Waals surface area (Å²) >= 11 is 0. The molecule has 1 aliphatic rings. The zero-order valence-electron chi connectivity index (χ0n) is 15.0. The number of aryl methyl sites for hydroxylation is 1. The summed E-state index contributed by atoms with van der Waals surface area (Å²) < 4.78 is 13.0. The molecular weight excluding hydrogens is 336 g/mol. The highest BCUT2D eigenvalue weighted by molar-refractivity contribution is 5.89. The first-order valence-corrected chi connectivity index (χ1v) is 8.58. The number of nitrogens with two attached hydrogens (primary N) is 1. The molecule has 26 heavy (non-hydrogen) atoms. The first-order chi connectivity index (χ1) is 12.6. The molecule has 1 saturated heterocycles. The number of hydrogen-bond acceptors (Lipinski definition) is 5. The fourth-order valence-electron chi connectivity index (χ4n) is 2.82. The number of hydrogen-bond donors (Lipinski definition) is 2. The number of carbonyl (C=O) groups is 1. The molecule has 0 bridgehead atoms. The van der Waals surface area contributed by atoms with Gasteiger partial charge in [0.05, 0.1) is 19.3 Å². The van der Waals surface area contributed by atoms with E-state index in [9.17, 15) is 4.79 Å². The smallest absolute Gasteiger partial charge is 0.284 e. The first kappa shape index (κ1) is 18.0. The highest BCUT2D eigenvalue weighted by Crippen LogP contribution is 2.21. The van der Waals surface area contributed by atoms with Gasteiger partial charge < -0.3 is 25.1 Å². The Morgan fingerprint density at radius 3 is 3.00 bits per heavy atom. The van der Waals surface area contributed by atoms with Crippen molar-refractivity contribution in [3.8, 4) is 0 Å². The maximum absolute atomic E-state index is 11.1. The van der Waals surface area contributed by atoms with Crippen LogP contribution in [0.15, 0.2) is 33.9 Å². The van der Waals surface area contributed by atoms with E-state index in [4.69, 9.17) is 14.9 Å². The molecule has 1 unspecified atom stereocenters. The van der Waals surface area contributed by atoms with Crippen molar-refractivity contribution >= 4 is 11.9 Å². The van der Waals surface area contributed by atoms with E-state index in [0.29, 0.717) is 25.5 Å². The molecule has 1 amide bonds. The Morgan fingerprint density at radius 2 is 2.35 bits per heavy atom. The Kier molecular flexibility index (Phi) is 5.57. The van der Waals surface area contributed by atoms with Crippen LogP contribution in [0.5, 0.6) is 0 Å². The lowest BCUT2D eigenvalue weighted by Crippen LogP contribution is -2.48. The molecule has 0 aromatic carbocycles.